The summed E-state index contributed by atoms with van der Waals surface area (Å²) in [6, 6.07) is 0.562. The average molecular weight is 269 g/mol. The normalized spacial score (nSPS) is 27.7. The number of aliphatic carboxylic acids is 1. The van der Waals surface area contributed by atoms with Crippen LogP contribution in [-0.2, 0) is 4.79 Å². The summed E-state index contributed by atoms with van der Waals surface area (Å²) in [5.74, 6) is -0.682. The topological polar surface area (TPSA) is 69.8 Å². The highest BCUT2D eigenvalue weighted by Crippen LogP contribution is 2.39. The fraction of sp³-hybridized carbons (Fsp3) is 0.929. The Morgan fingerprint density at radius 3 is 2.68 bits per heavy atom. The SMILES string of the molecule is CCN1CCCC1CN(C)CC(N)(C(=O)O)C1CC1. The second-order valence-electron chi connectivity index (χ2n) is 6.24. The maximum absolute atomic E-state index is 11.4. The smallest absolute Gasteiger partial charge is 0.325 e. The minimum Gasteiger partial charge on any atom is -0.480 e. The van der Waals surface area contributed by atoms with E-state index in [0.29, 0.717) is 12.6 Å². The van der Waals surface area contributed by atoms with Gasteiger partial charge in [-0.25, -0.2) is 0 Å². The van der Waals surface area contributed by atoms with E-state index in [1.165, 1.54) is 19.4 Å². The van der Waals surface area contributed by atoms with Crippen LogP contribution in [0.3, 0.4) is 0 Å². The lowest BCUT2D eigenvalue weighted by Gasteiger charge is -2.33. The largest absolute Gasteiger partial charge is 0.480 e. The van der Waals surface area contributed by atoms with E-state index in [2.05, 4.69) is 16.7 Å². The summed E-state index contributed by atoms with van der Waals surface area (Å²) < 4.78 is 0. The standard InChI is InChI=1S/C14H27N3O2/c1-3-17-8-4-5-12(17)9-16(2)10-14(15,13(18)19)11-6-7-11/h11-12H,3-10,15H2,1-2H3,(H,18,19). The maximum atomic E-state index is 11.4. The highest BCUT2D eigenvalue weighted by molar-refractivity contribution is 5.79. The van der Waals surface area contributed by atoms with Crippen molar-refractivity contribution in [2.45, 2.75) is 44.2 Å². The van der Waals surface area contributed by atoms with Gasteiger partial charge in [0.25, 0.3) is 0 Å². The molecule has 0 aromatic carbocycles. The zero-order valence-electron chi connectivity index (χ0n) is 12.1. The van der Waals surface area contributed by atoms with Gasteiger partial charge in [0.05, 0.1) is 0 Å². The van der Waals surface area contributed by atoms with E-state index in [0.717, 1.165) is 25.9 Å². The van der Waals surface area contributed by atoms with Gasteiger partial charge in [-0.15, -0.1) is 0 Å². The summed E-state index contributed by atoms with van der Waals surface area (Å²) in [7, 11) is 2.00. The molecule has 110 valence electrons. The number of likely N-dealkylation sites (N-methyl/N-ethyl adjacent to an activating group) is 2. The minimum absolute atomic E-state index is 0.165. The molecule has 0 bridgehead atoms. The van der Waals surface area contributed by atoms with Crippen LogP contribution in [0.15, 0.2) is 0 Å². The molecule has 0 spiro atoms. The molecule has 2 rings (SSSR count). The summed E-state index contributed by atoms with van der Waals surface area (Å²) >= 11 is 0. The fourth-order valence-corrected chi connectivity index (χ4v) is 3.36. The Bertz CT molecular complexity index is 333. The Balaban J connectivity index is 1.89. The van der Waals surface area contributed by atoms with Crippen LogP contribution in [0.4, 0.5) is 0 Å². The van der Waals surface area contributed by atoms with Crippen molar-refractivity contribution in [3.05, 3.63) is 0 Å². The van der Waals surface area contributed by atoms with Crippen molar-refractivity contribution in [3.8, 4) is 0 Å². The van der Waals surface area contributed by atoms with Gasteiger partial charge in [0.15, 0.2) is 0 Å². The molecule has 2 atom stereocenters. The van der Waals surface area contributed by atoms with Gasteiger partial charge in [0.1, 0.15) is 5.54 Å². The molecule has 2 unspecified atom stereocenters. The van der Waals surface area contributed by atoms with Crippen molar-refractivity contribution in [1.29, 1.82) is 0 Å². The maximum Gasteiger partial charge on any atom is 0.325 e. The number of likely N-dealkylation sites (tertiary alicyclic amines) is 1. The van der Waals surface area contributed by atoms with Crippen molar-refractivity contribution in [2.75, 3.05) is 33.2 Å². The molecule has 1 heterocycles. The number of hydrogen-bond donors (Lipinski definition) is 2. The minimum atomic E-state index is -1.05. The fourth-order valence-electron chi connectivity index (χ4n) is 3.36. The predicted molar refractivity (Wildman–Crippen MR) is 75.0 cm³/mol. The molecule has 0 aromatic rings. The number of carbonyl (C=O) groups is 1. The van der Waals surface area contributed by atoms with Crippen LogP contribution in [0.5, 0.6) is 0 Å². The highest BCUT2D eigenvalue weighted by Gasteiger charge is 2.48. The molecule has 5 heteroatoms. The number of carboxylic acid groups (broad SMARTS) is 1. The summed E-state index contributed by atoms with van der Waals surface area (Å²) in [5, 5.41) is 9.39. The van der Waals surface area contributed by atoms with Crippen molar-refractivity contribution in [3.63, 3.8) is 0 Å². The summed E-state index contributed by atoms with van der Waals surface area (Å²) in [6.45, 7) is 5.82. The third-order valence-corrected chi connectivity index (χ3v) is 4.66. The molecular formula is C14H27N3O2. The molecule has 2 aliphatic rings. The Labute approximate surface area is 115 Å². The van der Waals surface area contributed by atoms with Crippen LogP contribution in [0.25, 0.3) is 0 Å². The summed E-state index contributed by atoms with van der Waals surface area (Å²) in [4.78, 5) is 16.0. The van der Waals surface area contributed by atoms with Gasteiger partial charge in [-0.3, -0.25) is 9.69 Å². The molecule has 0 amide bonds. The van der Waals surface area contributed by atoms with Gasteiger partial charge in [-0.1, -0.05) is 6.92 Å². The molecule has 19 heavy (non-hydrogen) atoms. The lowest BCUT2D eigenvalue weighted by atomic mass is 9.94. The first kappa shape index (κ1) is 14.8. The molecule has 1 aliphatic carbocycles. The van der Waals surface area contributed by atoms with Crippen molar-refractivity contribution < 1.29 is 9.90 Å². The Morgan fingerprint density at radius 1 is 1.47 bits per heavy atom. The van der Waals surface area contributed by atoms with Gasteiger partial charge < -0.3 is 15.7 Å². The molecular weight excluding hydrogens is 242 g/mol. The van der Waals surface area contributed by atoms with Gasteiger partial charge in [-0.2, -0.15) is 0 Å². The summed E-state index contributed by atoms with van der Waals surface area (Å²) in [5.41, 5.74) is 5.08. The van der Waals surface area contributed by atoms with Gasteiger partial charge in [0.2, 0.25) is 0 Å². The molecule has 0 aromatic heterocycles. The van der Waals surface area contributed by atoms with Crippen LogP contribution >= 0.6 is 0 Å². The average Bonchev–Trinajstić information content (AvgIpc) is 3.11. The first-order valence-electron chi connectivity index (χ1n) is 7.42. The highest BCUT2D eigenvalue weighted by atomic mass is 16.4. The molecule has 3 N–H and O–H groups in total. The van der Waals surface area contributed by atoms with Crippen LogP contribution in [-0.4, -0.2) is 65.7 Å². The van der Waals surface area contributed by atoms with Crippen molar-refractivity contribution in [1.82, 2.24) is 9.80 Å². The lowest BCUT2D eigenvalue weighted by Crippen LogP contribution is -2.58. The number of hydrogen-bond acceptors (Lipinski definition) is 4. The van der Waals surface area contributed by atoms with Gasteiger partial charge >= 0.3 is 5.97 Å². The number of carboxylic acids is 1. The lowest BCUT2D eigenvalue weighted by molar-refractivity contribution is -0.145. The third kappa shape index (κ3) is 3.27. The second kappa shape index (κ2) is 5.77. The van der Waals surface area contributed by atoms with Crippen LogP contribution in [0.2, 0.25) is 0 Å². The van der Waals surface area contributed by atoms with E-state index >= 15 is 0 Å². The van der Waals surface area contributed by atoms with E-state index in [9.17, 15) is 9.90 Å². The molecule has 1 saturated carbocycles. The Morgan fingerprint density at radius 2 is 2.16 bits per heavy atom. The van der Waals surface area contributed by atoms with E-state index < -0.39 is 11.5 Å². The number of nitrogens with two attached hydrogens (primary N) is 1. The third-order valence-electron chi connectivity index (χ3n) is 4.66. The molecule has 1 saturated heterocycles. The molecule has 1 aliphatic heterocycles. The zero-order chi connectivity index (χ0) is 14.0. The quantitative estimate of drug-likeness (QED) is 0.708. The van der Waals surface area contributed by atoms with E-state index in [-0.39, 0.29) is 5.92 Å². The van der Waals surface area contributed by atoms with Crippen LogP contribution in [0, 0.1) is 5.92 Å². The summed E-state index contributed by atoms with van der Waals surface area (Å²) in [6.07, 6.45) is 4.39. The van der Waals surface area contributed by atoms with E-state index in [1.807, 2.05) is 7.05 Å². The van der Waals surface area contributed by atoms with Crippen molar-refractivity contribution >= 4 is 5.97 Å². The first-order valence-corrected chi connectivity index (χ1v) is 7.42. The van der Waals surface area contributed by atoms with Gasteiger partial charge in [0, 0.05) is 19.1 Å². The van der Waals surface area contributed by atoms with E-state index in [4.69, 9.17) is 5.73 Å². The predicted octanol–water partition coefficient (Wildman–Crippen LogP) is 0.595. The second-order valence-corrected chi connectivity index (χ2v) is 6.24. The zero-order valence-corrected chi connectivity index (χ0v) is 12.1. The van der Waals surface area contributed by atoms with Crippen molar-refractivity contribution in [2.24, 2.45) is 11.7 Å². The van der Waals surface area contributed by atoms with Gasteiger partial charge in [-0.05, 0) is 51.7 Å². The van der Waals surface area contributed by atoms with E-state index in [1.54, 1.807) is 0 Å². The molecule has 5 nitrogen and oxygen atoms in total. The first-order chi connectivity index (χ1) is 8.97. The Hall–Kier alpha value is -0.650. The molecule has 2 fully saturated rings. The number of rotatable bonds is 7. The Kier molecular flexibility index (Phi) is 4.48. The monoisotopic (exact) mass is 269 g/mol. The molecule has 0 radical (unpaired) electrons. The van der Waals surface area contributed by atoms with Crippen LogP contribution < -0.4 is 5.73 Å². The van der Waals surface area contributed by atoms with Crippen LogP contribution in [0.1, 0.15) is 32.6 Å². The number of nitrogens with zero attached hydrogens (tertiary/aromatic N) is 2.